The molecular formula is C17H18ClNO2. The summed E-state index contributed by atoms with van der Waals surface area (Å²) in [6.45, 7) is 5.41. The quantitative estimate of drug-likeness (QED) is 0.906. The minimum atomic E-state index is -0.990. The molecular weight excluding hydrogens is 286 g/mol. The van der Waals surface area contributed by atoms with Crippen LogP contribution in [0.5, 0.6) is 5.75 Å². The Bertz CT molecular complexity index is 635. The van der Waals surface area contributed by atoms with Gasteiger partial charge in [0, 0.05) is 10.7 Å². The molecule has 0 bridgehead atoms. The summed E-state index contributed by atoms with van der Waals surface area (Å²) in [6, 6.07) is 14.6. The van der Waals surface area contributed by atoms with E-state index in [1.165, 1.54) is 0 Å². The van der Waals surface area contributed by atoms with Crippen LogP contribution in [0.15, 0.2) is 48.5 Å². The molecule has 2 aromatic carbocycles. The van der Waals surface area contributed by atoms with E-state index in [1.807, 2.05) is 31.2 Å². The van der Waals surface area contributed by atoms with E-state index in [0.29, 0.717) is 10.8 Å². The van der Waals surface area contributed by atoms with Gasteiger partial charge in [-0.2, -0.15) is 0 Å². The number of amides is 1. The van der Waals surface area contributed by atoms with Gasteiger partial charge in [0.2, 0.25) is 0 Å². The number of rotatable bonds is 4. The van der Waals surface area contributed by atoms with Crippen LogP contribution in [0.1, 0.15) is 19.4 Å². The van der Waals surface area contributed by atoms with Crippen molar-refractivity contribution in [2.45, 2.75) is 26.4 Å². The normalized spacial score (nSPS) is 11.0. The lowest BCUT2D eigenvalue weighted by Gasteiger charge is -2.25. The number of carbonyl (C=O) groups is 1. The summed E-state index contributed by atoms with van der Waals surface area (Å²) < 4.78 is 5.76. The van der Waals surface area contributed by atoms with Gasteiger partial charge >= 0.3 is 0 Å². The van der Waals surface area contributed by atoms with Crippen molar-refractivity contribution in [3.63, 3.8) is 0 Å². The Kier molecular flexibility index (Phi) is 4.53. The molecule has 110 valence electrons. The zero-order valence-corrected chi connectivity index (χ0v) is 13.1. The molecule has 0 fully saturated rings. The molecule has 2 aromatic rings. The van der Waals surface area contributed by atoms with Crippen LogP contribution < -0.4 is 10.1 Å². The Balaban J connectivity index is 2.10. The maximum absolute atomic E-state index is 12.4. The van der Waals surface area contributed by atoms with Gasteiger partial charge in [-0.05, 0) is 56.7 Å². The molecule has 0 aliphatic heterocycles. The predicted molar refractivity (Wildman–Crippen MR) is 86.0 cm³/mol. The summed E-state index contributed by atoms with van der Waals surface area (Å²) in [6.07, 6.45) is 0. The van der Waals surface area contributed by atoms with Gasteiger partial charge < -0.3 is 10.1 Å². The first-order valence-corrected chi connectivity index (χ1v) is 7.08. The second-order valence-corrected chi connectivity index (χ2v) is 5.77. The van der Waals surface area contributed by atoms with Gasteiger partial charge in [0.1, 0.15) is 5.75 Å². The molecule has 0 unspecified atom stereocenters. The van der Waals surface area contributed by atoms with Crippen molar-refractivity contribution in [3.05, 3.63) is 59.1 Å². The molecule has 21 heavy (non-hydrogen) atoms. The van der Waals surface area contributed by atoms with Crippen molar-refractivity contribution >= 4 is 23.2 Å². The van der Waals surface area contributed by atoms with Crippen LogP contribution in [0.2, 0.25) is 5.02 Å². The highest BCUT2D eigenvalue weighted by atomic mass is 35.5. The Labute approximate surface area is 129 Å². The summed E-state index contributed by atoms with van der Waals surface area (Å²) in [5, 5.41) is 3.52. The van der Waals surface area contributed by atoms with Gasteiger partial charge in [-0.15, -0.1) is 0 Å². The molecule has 0 saturated carbocycles. The van der Waals surface area contributed by atoms with Gasteiger partial charge in [-0.3, -0.25) is 4.79 Å². The van der Waals surface area contributed by atoms with Crippen molar-refractivity contribution < 1.29 is 9.53 Å². The molecule has 3 nitrogen and oxygen atoms in total. The number of hydrogen-bond acceptors (Lipinski definition) is 2. The van der Waals surface area contributed by atoms with E-state index < -0.39 is 5.60 Å². The lowest BCUT2D eigenvalue weighted by molar-refractivity contribution is -0.128. The minimum absolute atomic E-state index is 0.202. The Hall–Kier alpha value is -2.00. The van der Waals surface area contributed by atoms with Crippen molar-refractivity contribution in [2.24, 2.45) is 0 Å². The summed E-state index contributed by atoms with van der Waals surface area (Å²) >= 11 is 5.84. The molecule has 2 rings (SSSR count). The van der Waals surface area contributed by atoms with E-state index in [4.69, 9.17) is 16.3 Å². The third-order valence-electron chi connectivity index (χ3n) is 3.13. The molecule has 0 heterocycles. The average molecular weight is 304 g/mol. The number of hydrogen-bond donors (Lipinski definition) is 1. The molecule has 0 saturated heterocycles. The lowest BCUT2D eigenvalue weighted by Crippen LogP contribution is -2.42. The number of anilines is 1. The van der Waals surface area contributed by atoms with Crippen molar-refractivity contribution in [2.75, 3.05) is 5.32 Å². The Morgan fingerprint density at radius 2 is 1.71 bits per heavy atom. The monoisotopic (exact) mass is 303 g/mol. The van der Waals surface area contributed by atoms with Crippen LogP contribution in [0.3, 0.4) is 0 Å². The Morgan fingerprint density at radius 1 is 1.10 bits per heavy atom. The molecule has 0 aromatic heterocycles. The van der Waals surface area contributed by atoms with Crippen LogP contribution in [0, 0.1) is 6.92 Å². The highest BCUT2D eigenvalue weighted by Gasteiger charge is 2.30. The average Bonchev–Trinajstić information content (AvgIpc) is 2.43. The summed E-state index contributed by atoms with van der Waals surface area (Å²) in [5.74, 6) is 0.399. The summed E-state index contributed by atoms with van der Waals surface area (Å²) in [4.78, 5) is 12.4. The molecule has 0 atom stereocenters. The first-order chi connectivity index (χ1) is 9.88. The van der Waals surface area contributed by atoms with Crippen LogP contribution >= 0.6 is 11.6 Å². The molecule has 1 amide bonds. The molecule has 0 aliphatic carbocycles. The zero-order chi connectivity index (χ0) is 15.5. The van der Waals surface area contributed by atoms with E-state index in [1.54, 1.807) is 38.1 Å². The standard InChI is InChI=1S/C17H18ClNO2/c1-12-6-4-5-7-15(12)19-16(20)17(2,3)21-14-10-8-13(18)9-11-14/h4-11H,1-3H3,(H,19,20). The number of halogens is 1. The molecule has 0 spiro atoms. The largest absolute Gasteiger partial charge is 0.478 e. The maximum Gasteiger partial charge on any atom is 0.267 e. The van der Waals surface area contributed by atoms with Gasteiger partial charge in [0.15, 0.2) is 5.60 Å². The minimum Gasteiger partial charge on any atom is -0.478 e. The van der Waals surface area contributed by atoms with Crippen molar-refractivity contribution in [1.82, 2.24) is 0 Å². The van der Waals surface area contributed by atoms with Gasteiger partial charge in [0.25, 0.3) is 5.91 Å². The number of nitrogens with one attached hydrogen (secondary N) is 1. The number of carbonyl (C=O) groups excluding carboxylic acids is 1. The van der Waals surface area contributed by atoms with E-state index >= 15 is 0 Å². The van der Waals surface area contributed by atoms with Crippen LogP contribution in [-0.2, 0) is 4.79 Å². The van der Waals surface area contributed by atoms with Crippen molar-refractivity contribution in [1.29, 1.82) is 0 Å². The van der Waals surface area contributed by atoms with Crippen LogP contribution in [0.25, 0.3) is 0 Å². The molecule has 4 heteroatoms. The van der Waals surface area contributed by atoms with Gasteiger partial charge in [-0.1, -0.05) is 29.8 Å². The highest BCUT2D eigenvalue weighted by Crippen LogP contribution is 2.23. The number of benzene rings is 2. The fraction of sp³-hybridized carbons (Fsp3) is 0.235. The second-order valence-electron chi connectivity index (χ2n) is 5.34. The van der Waals surface area contributed by atoms with Crippen LogP contribution in [-0.4, -0.2) is 11.5 Å². The fourth-order valence-electron chi connectivity index (χ4n) is 1.83. The van der Waals surface area contributed by atoms with E-state index in [2.05, 4.69) is 5.32 Å². The fourth-order valence-corrected chi connectivity index (χ4v) is 1.96. The number of para-hydroxylation sites is 1. The smallest absolute Gasteiger partial charge is 0.267 e. The SMILES string of the molecule is Cc1ccccc1NC(=O)C(C)(C)Oc1ccc(Cl)cc1. The summed E-state index contributed by atoms with van der Waals surface area (Å²) in [7, 11) is 0. The highest BCUT2D eigenvalue weighted by molar-refractivity contribution is 6.30. The second kappa shape index (κ2) is 6.19. The summed E-state index contributed by atoms with van der Waals surface area (Å²) in [5.41, 5.74) is 0.805. The van der Waals surface area contributed by atoms with E-state index in [-0.39, 0.29) is 5.91 Å². The first kappa shape index (κ1) is 15.4. The first-order valence-electron chi connectivity index (χ1n) is 6.70. The van der Waals surface area contributed by atoms with Crippen LogP contribution in [0.4, 0.5) is 5.69 Å². The molecule has 0 aliphatic rings. The zero-order valence-electron chi connectivity index (χ0n) is 12.3. The maximum atomic E-state index is 12.4. The predicted octanol–water partition coefficient (Wildman–Crippen LogP) is 4.44. The third kappa shape index (κ3) is 3.99. The molecule has 0 radical (unpaired) electrons. The molecule has 1 N–H and O–H groups in total. The third-order valence-corrected chi connectivity index (χ3v) is 3.38. The number of aryl methyl sites for hydroxylation is 1. The van der Waals surface area contributed by atoms with E-state index in [0.717, 1.165) is 11.3 Å². The van der Waals surface area contributed by atoms with E-state index in [9.17, 15) is 4.79 Å². The Morgan fingerprint density at radius 3 is 2.33 bits per heavy atom. The van der Waals surface area contributed by atoms with Gasteiger partial charge in [-0.25, -0.2) is 0 Å². The van der Waals surface area contributed by atoms with Crippen molar-refractivity contribution in [3.8, 4) is 5.75 Å². The topological polar surface area (TPSA) is 38.3 Å². The van der Waals surface area contributed by atoms with Gasteiger partial charge in [0.05, 0.1) is 0 Å². The lowest BCUT2D eigenvalue weighted by atomic mass is 10.1. The number of ether oxygens (including phenoxy) is 1.